The summed E-state index contributed by atoms with van der Waals surface area (Å²) in [6.45, 7) is 6.31. The number of hydrogen-bond acceptors (Lipinski definition) is 4. The maximum Gasteiger partial charge on any atom is 0.268 e. The summed E-state index contributed by atoms with van der Waals surface area (Å²) in [5.74, 6) is -0.417. The van der Waals surface area contributed by atoms with Crippen LogP contribution in [0.15, 0.2) is 48.7 Å². The van der Waals surface area contributed by atoms with Crippen LogP contribution in [0.2, 0.25) is 5.02 Å². The van der Waals surface area contributed by atoms with Crippen molar-refractivity contribution in [1.29, 1.82) is 0 Å². The summed E-state index contributed by atoms with van der Waals surface area (Å²) in [7, 11) is 0. The van der Waals surface area contributed by atoms with Gasteiger partial charge in [-0.05, 0) is 69.2 Å². The minimum Gasteiger partial charge on any atom is -0.348 e. The first-order valence-electron chi connectivity index (χ1n) is 11.0. The van der Waals surface area contributed by atoms with Gasteiger partial charge in [0.1, 0.15) is 17.9 Å². The molecule has 1 fully saturated rings. The zero-order valence-electron chi connectivity index (χ0n) is 18.3. The van der Waals surface area contributed by atoms with Crippen molar-refractivity contribution in [3.05, 3.63) is 59.4 Å². The third-order valence-electron chi connectivity index (χ3n) is 5.91. The molecule has 168 valence electrons. The Morgan fingerprint density at radius 3 is 2.56 bits per heavy atom. The molecule has 1 aliphatic heterocycles. The van der Waals surface area contributed by atoms with Gasteiger partial charge in [0.05, 0.1) is 0 Å². The highest BCUT2D eigenvalue weighted by molar-refractivity contribution is 6.30. The van der Waals surface area contributed by atoms with Gasteiger partial charge >= 0.3 is 0 Å². The van der Waals surface area contributed by atoms with Crippen molar-refractivity contribution in [3.63, 3.8) is 0 Å². The number of nitrogens with zero attached hydrogens (tertiary/aromatic N) is 3. The van der Waals surface area contributed by atoms with Crippen LogP contribution in [0.25, 0.3) is 11.0 Å². The lowest BCUT2D eigenvalue weighted by Crippen LogP contribution is -2.47. The molecule has 7 nitrogen and oxygen atoms in total. The van der Waals surface area contributed by atoms with E-state index in [0.717, 1.165) is 31.3 Å². The van der Waals surface area contributed by atoms with Crippen molar-refractivity contribution < 1.29 is 9.59 Å². The largest absolute Gasteiger partial charge is 0.348 e. The summed E-state index contributed by atoms with van der Waals surface area (Å²) in [6, 6.07) is 13.1. The van der Waals surface area contributed by atoms with Crippen LogP contribution in [0.3, 0.4) is 0 Å². The third kappa shape index (κ3) is 5.11. The Bertz CT molecular complexity index is 1100. The number of rotatable bonds is 6. The van der Waals surface area contributed by atoms with Crippen LogP contribution in [-0.2, 0) is 11.3 Å². The molecule has 0 bridgehead atoms. The van der Waals surface area contributed by atoms with E-state index in [-0.39, 0.29) is 24.4 Å². The number of aromatic nitrogens is 2. The maximum absolute atomic E-state index is 13.2. The Morgan fingerprint density at radius 1 is 1.16 bits per heavy atom. The van der Waals surface area contributed by atoms with Gasteiger partial charge in [-0.2, -0.15) is 0 Å². The first-order chi connectivity index (χ1) is 15.4. The Morgan fingerprint density at radius 2 is 1.88 bits per heavy atom. The van der Waals surface area contributed by atoms with Crippen LogP contribution >= 0.6 is 11.6 Å². The van der Waals surface area contributed by atoms with Crippen molar-refractivity contribution in [1.82, 2.24) is 19.8 Å². The lowest BCUT2D eigenvalue weighted by atomic mass is 10.0. The molecule has 0 radical (unpaired) electrons. The Labute approximate surface area is 192 Å². The predicted molar refractivity (Wildman–Crippen MR) is 127 cm³/mol. The highest BCUT2D eigenvalue weighted by Gasteiger charge is 2.25. The number of carbonyl (C=O) groups is 2. The van der Waals surface area contributed by atoms with Crippen molar-refractivity contribution in [2.75, 3.05) is 18.4 Å². The maximum atomic E-state index is 13.2. The molecule has 1 aliphatic rings. The molecule has 3 aromatic rings. The summed E-state index contributed by atoms with van der Waals surface area (Å²) in [4.78, 5) is 32.8. The molecule has 3 heterocycles. The average molecular weight is 454 g/mol. The first-order valence-corrected chi connectivity index (χ1v) is 11.3. The highest BCUT2D eigenvalue weighted by atomic mass is 35.5. The standard InChI is InChI=1S/C24H28ClN5O2/c1-16(2)29-12-9-20(10-13-29)28-24(32)21-14-17-4-3-11-26-23(17)30(21)15-22(31)27-19-7-5-18(25)6-8-19/h3-8,11,14,16,20H,9-10,12-13,15H2,1-2H3,(H,27,31)(H,28,32). The van der Waals surface area contributed by atoms with Crippen LogP contribution < -0.4 is 10.6 Å². The van der Waals surface area contributed by atoms with Crippen molar-refractivity contribution in [2.24, 2.45) is 0 Å². The van der Waals surface area contributed by atoms with Gasteiger partial charge in [-0.3, -0.25) is 9.59 Å². The minimum atomic E-state index is -0.241. The third-order valence-corrected chi connectivity index (χ3v) is 6.16. The lowest BCUT2D eigenvalue weighted by molar-refractivity contribution is -0.116. The second kappa shape index (κ2) is 9.71. The number of anilines is 1. The second-order valence-corrected chi connectivity index (χ2v) is 8.90. The van der Waals surface area contributed by atoms with Crippen LogP contribution in [0.1, 0.15) is 37.2 Å². The molecular formula is C24H28ClN5O2. The van der Waals surface area contributed by atoms with Crippen molar-refractivity contribution >= 4 is 40.1 Å². The SMILES string of the molecule is CC(C)N1CCC(NC(=O)c2cc3cccnc3n2CC(=O)Nc2ccc(Cl)cc2)CC1. The van der Waals surface area contributed by atoms with Gasteiger partial charge in [0.15, 0.2) is 0 Å². The van der Waals surface area contributed by atoms with E-state index in [1.165, 1.54) is 0 Å². The number of piperidine rings is 1. The fraction of sp³-hybridized carbons (Fsp3) is 0.375. The van der Waals surface area contributed by atoms with Gasteiger partial charge in [0.25, 0.3) is 5.91 Å². The van der Waals surface area contributed by atoms with Crippen molar-refractivity contribution in [3.8, 4) is 0 Å². The van der Waals surface area contributed by atoms with E-state index in [2.05, 4.69) is 34.4 Å². The molecule has 0 spiro atoms. The van der Waals surface area contributed by atoms with E-state index in [4.69, 9.17) is 11.6 Å². The number of nitrogens with one attached hydrogen (secondary N) is 2. The number of halogens is 1. The molecule has 0 aliphatic carbocycles. The smallest absolute Gasteiger partial charge is 0.268 e. The molecular weight excluding hydrogens is 426 g/mol. The van der Waals surface area contributed by atoms with Gasteiger partial charge in [-0.25, -0.2) is 4.98 Å². The summed E-state index contributed by atoms with van der Waals surface area (Å²) >= 11 is 5.92. The van der Waals surface area contributed by atoms with E-state index in [1.54, 1.807) is 41.1 Å². The summed E-state index contributed by atoms with van der Waals surface area (Å²) in [5, 5.41) is 7.44. The Balaban J connectivity index is 1.50. The van der Waals surface area contributed by atoms with E-state index >= 15 is 0 Å². The molecule has 2 N–H and O–H groups in total. The van der Waals surface area contributed by atoms with E-state index < -0.39 is 0 Å². The summed E-state index contributed by atoms with van der Waals surface area (Å²) < 4.78 is 1.68. The normalized spacial score (nSPS) is 15.2. The van der Waals surface area contributed by atoms with E-state index in [0.29, 0.717) is 28.1 Å². The Kier molecular flexibility index (Phi) is 6.77. The fourth-order valence-corrected chi connectivity index (χ4v) is 4.26. The summed E-state index contributed by atoms with van der Waals surface area (Å²) in [5.41, 5.74) is 1.70. The number of benzene rings is 1. The van der Waals surface area contributed by atoms with Crippen LogP contribution in [0.5, 0.6) is 0 Å². The van der Waals surface area contributed by atoms with E-state index in [9.17, 15) is 9.59 Å². The summed E-state index contributed by atoms with van der Waals surface area (Å²) in [6.07, 6.45) is 3.50. The Hall–Kier alpha value is -2.90. The van der Waals surface area contributed by atoms with Gasteiger partial charge in [0, 0.05) is 47.5 Å². The molecule has 8 heteroatoms. The highest BCUT2D eigenvalue weighted by Crippen LogP contribution is 2.20. The fourth-order valence-electron chi connectivity index (χ4n) is 4.13. The topological polar surface area (TPSA) is 79.3 Å². The molecule has 2 amide bonds. The number of likely N-dealkylation sites (tertiary alicyclic amines) is 1. The molecule has 32 heavy (non-hydrogen) atoms. The molecule has 4 rings (SSSR count). The number of hydrogen-bond donors (Lipinski definition) is 2. The van der Waals surface area contributed by atoms with Crippen LogP contribution in [-0.4, -0.2) is 51.4 Å². The number of pyridine rings is 1. The zero-order chi connectivity index (χ0) is 22.7. The molecule has 0 atom stereocenters. The molecule has 2 aromatic heterocycles. The van der Waals surface area contributed by atoms with Gasteiger partial charge in [-0.15, -0.1) is 0 Å². The number of amides is 2. The minimum absolute atomic E-state index is 0.0162. The predicted octanol–water partition coefficient (Wildman–Crippen LogP) is 3.93. The van der Waals surface area contributed by atoms with E-state index in [1.807, 2.05) is 12.1 Å². The molecule has 0 unspecified atom stereocenters. The van der Waals surface area contributed by atoms with Crippen LogP contribution in [0, 0.1) is 0 Å². The quantitative estimate of drug-likeness (QED) is 0.592. The number of carbonyl (C=O) groups excluding carboxylic acids is 2. The second-order valence-electron chi connectivity index (χ2n) is 8.46. The van der Waals surface area contributed by atoms with Gasteiger partial charge in [-0.1, -0.05) is 11.6 Å². The first kappa shape index (κ1) is 22.3. The van der Waals surface area contributed by atoms with Crippen molar-refractivity contribution in [2.45, 2.75) is 45.3 Å². The molecule has 0 saturated carbocycles. The molecule has 1 aromatic carbocycles. The van der Waals surface area contributed by atoms with Crippen LogP contribution in [0.4, 0.5) is 5.69 Å². The lowest BCUT2D eigenvalue weighted by Gasteiger charge is -2.34. The molecule has 1 saturated heterocycles. The zero-order valence-corrected chi connectivity index (χ0v) is 19.1. The van der Waals surface area contributed by atoms with Gasteiger partial charge < -0.3 is 20.1 Å². The van der Waals surface area contributed by atoms with Gasteiger partial charge in [0.2, 0.25) is 5.91 Å². The monoisotopic (exact) mass is 453 g/mol. The average Bonchev–Trinajstić information content (AvgIpc) is 3.14. The number of fused-ring (bicyclic) bond motifs is 1.